The molecule has 2 heterocycles. The number of hydrogen-bond acceptors (Lipinski definition) is 4. The molecule has 1 N–H and O–H groups in total. The smallest absolute Gasteiger partial charge is 0.255 e. The summed E-state index contributed by atoms with van der Waals surface area (Å²) in [4.78, 5) is 21.2. The first-order valence-electron chi connectivity index (χ1n) is 9.02. The van der Waals surface area contributed by atoms with Crippen molar-refractivity contribution in [2.45, 2.75) is 13.8 Å². The second-order valence-corrected chi connectivity index (χ2v) is 6.77. The molecule has 146 valence electrons. The van der Waals surface area contributed by atoms with E-state index < -0.39 is 5.82 Å². The average molecular weight is 390 g/mol. The van der Waals surface area contributed by atoms with Gasteiger partial charge in [0.25, 0.3) is 5.91 Å². The third-order valence-electron chi connectivity index (χ3n) is 4.74. The van der Waals surface area contributed by atoms with E-state index in [4.69, 9.17) is 4.74 Å². The number of nitrogens with zero attached hydrogens (tertiary/aromatic N) is 3. The van der Waals surface area contributed by atoms with Crippen LogP contribution in [0.15, 0.2) is 55.0 Å². The number of amides is 1. The lowest BCUT2D eigenvalue weighted by atomic mass is 10.1. The van der Waals surface area contributed by atoms with Crippen molar-refractivity contribution in [1.29, 1.82) is 0 Å². The maximum absolute atomic E-state index is 13.4. The number of nitrogens with one attached hydrogen (secondary N) is 1. The van der Waals surface area contributed by atoms with Crippen molar-refractivity contribution >= 4 is 17.4 Å². The molecule has 2 aromatic carbocycles. The molecular weight excluding hydrogens is 371 g/mol. The van der Waals surface area contributed by atoms with Crippen LogP contribution < -0.4 is 10.1 Å². The van der Waals surface area contributed by atoms with Crippen LogP contribution in [0.1, 0.15) is 21.5 Å². The molecular formula is C22H19FN4O2. The number of halogens is 1. The van der Waals surface area contributed by atoms with Crippen LogP contribution in [0.4, 0.5) is 10.1 Å². The predicted molar refractivity (Wildman–Crippen MR) is 109 cm³/mol. The van der Waals surface area contributed by atoms with Gasteiger partial charge in [0.2, 0.25) is 5.78 Å². The minimum Gasteiger partial charge on any atom is -0.497 e. The first-order chi connectivity index (χ1) is 13.9. The molecule has 0 fully saturated rings. The minimum absolute atomic E-state index is 0.204. The SMILES string of the molecule is COc1ccc(C(=O)Nc2cc(-c3cn4cc(F)cnc4n3)ccc2C)c(C)c1. The van der Waals surface area contributed by atoms with E-state index in [9.17, 15) is 9.18 Å². The number of benzene rings is 2. The van der Waals surface area contributed by atoms with Crippen molar-refractivity contribution in [3.8, 4) is 17.0 Å². The van der Waals surface area contributed by atoms with Crippen LogP contribution in [0.5, 0.6) is 5.75 Å². The van der Waals surface area contributed by atoms with Crippen LogP contribution in [-0.2, 0) is 0 Å². The monoisotopic (exact) mass is 390 g/mol. The number of carbonyl (C=O) groups excluding carboxylic acids is 1. The summed E-state index contributed by atoms with van der Waals surface area (Å²) in [5.74, 6) is 0.466. The Labute approximate surface area is 167 Å². The quantitative estimate of drug-likeness (QED) is 0.560. The fraction of sp³-hybridized carbons (Fsp3) is 0.136. The first-order valence-corrected chi connectivity index (χ1v) is 9.02. The summed E-state index contributed by atoms with van der Waals surface area (Å²) in [5, 5.41) is 2.97. The average Bonchev–Trinajstić information content (AvgIpc) is 3.12. The van der Waals surface area contributed by atoms with E-state index >= 15 is 0 Å². The fourth-order valence-electron chi connectivity index (χ4n) is 3.12. The molecule has 2 aromatic heterocycles. The highest BCUT2D eigenvalue weighted by Gasteiger charge is 2.13. The predicted octanol–water partition coefficient (Wildman–Crippen LogP) is 4.41. The zero-order valence-electron chi connectivity index (χ0n) is 16.2. The lowest BCUT2D eigenvalue weighted by Gasteiger charge is -2.12. The van der Waals surface area contributed by atoms with Gasteiger partial charge in [-0.25, -0.2) is 14.4 Å². The van der Waals surface area contributed by atoms with E-state index in [-0.39, 0.29) is 5.91 Å². The Hall–Kier alpha value is -3.74. The molecule has 0 unspecified atom stereocenters. The third-order valence-corrected chi connectivity index (χ3v) is 4.74. The topological polar surface area (TPSA) is 68.5 Å². The van der Waals surface area contributed by atoms with Gasteiger partial charge < -0.3 is 10.1 Å². The van der Waals surface area contributed by atoms with Crippen LogP contribution in [0.25, 0.3) is 17.0 Å². The number of ether oxygens (including phenoxy) is 1. The zero-order chi connectivity index (χ0) is 20.5. The van der Waals surface area contributed by atoms with Gasteiger partial charge in [-0.15, -0.1) is 0 Å². The number of hydrogen-bond donors (Lipinski definition) is 1. The molecule has 0 spiro atoms. The van der Waals surface area contributed by atoms with E-state index in [0.29, 0.717) is 28.5 Å². The summed E-state index contributed by atoms with van der Waals surface area (Å²) in [6.07, 6.45) is 4.15. The van der Waals surface area contributed by atoms with Crippen LogP contribution in [0.2, 0.25) is 0 Å². The van der Waals surface area contributed by atoms with Gasteiger partial charge in [0, 0.05) is 29.2 Å². The lowest BCUT2D eigenvalue weighted by molar-refractivity contribution is 0.102. The highest BCUT2D eigenvalue weighted by Crippen LogP contribution is 2.26. The molecule has 7 heteroatoms. The Kier molecular flexibility index (Phi) is 4.72. The Bertz CT molecular complexity index is 1230. The molecule has 0 atom stereocenters. The molecule has 0 saturated heterocycles. The van der Waals surface area contributed by atoms with Crippen molar-refractivity contribution in [2.24, 2.45) is 0 Å². The van der Waals surface area contributed by atoms with Gasteiger partial charge in [0.05, 0.1) is 19.0 Å². The van der Waals surface area contributed by atoms with Gasteiger partial charge in [0.15, 0.2) is 5.82 Å². The standard InChI is InChI=1S/C22H19FN4O2/c1-13-4-5-15(20-12-27-11-16(23)10-24-22(27)26-20)9-19(13)25-21(28)18-7-6-17(29-3)8-14(18)2/h4-12H,1-3H3,(H,25,28). The molecule has 6 nitrogen and oxygen atoms in total. The summed E-state index contributed by atoms with van der Waals surface area (Å²) in [6, 6.07) is 11.0. The van der Waals surface area contributed by atoms with Crippen molar-refractivity contribution in [3.63, 3.8) is 0 Å². The molecule has 0 bridgehead atoms. The van der Waals surface area contributed by atoms with Crippen molar-refractivity contribution < 1.29 is 13.9 Å². The van der Waals surface area contributed by atoms with E-state index in [1.807, 2.05) is 38.1 Å². The van der Waals surface area contributed by atoms with Gasteiger partial charge in [-0.05, 0) is 49.2 Å². The highest BCUT2D eigenvalue weighted by molar-refractivity contribution is 6.06. The summed E-state index contributed by atoms with van der Waals surface area (Å²) in [7, 11) is 1.59. The Balaban J connectivity index is 1.65. The van der Waals surface area contributed by atoms with E-state index in [1.54, 1.807) is 25.4 Å². The third kappa shape index (κ3) is 3.67. The molecule has 0 saturated carbocycles. The molecule has 4 aromatic rings. The van der Waals surface area contributed by atoms with Crippen LogP contribution >= 0.6 is 0 Å². The normalized spacial score (nSPS) is 10.9. The maximum Gasteiger partial charge on any atom is 0.255 e. The zero-order valence-corrected chi connectivity index (χ0v) is 16.2. The van der Waals surface area contributed by atoms with Crippen LogP contribution in [0, 0.1) is 19.7 Å². The molecule has 4 rings (SSSR count). The lowest BCUT2D eigenvalue weighted by Crippen LogP contribution is -2.14. The molecule has 0 aliphatic heterocycles. The second kappa shape index (κ2) is 7.35. The number of methoxy groups -OCH3 is 1. The number of rotatable bonds is 4. The van der Waals surface area contributed by atoms with E-state index in [2.05, 4.69) is 15.3 Å². The summed E-state index contributed by atoms with van der Waals surface area (Å²) in [6.45, 7) is 3.78. The minimum atomic E-state index is -0.437. The van der Waals surface area contributed by atoms with Gasteiger partial charge >= 0.3 is 0 Å². The molecule has 0 aliphatic carbocycles. The number of carbonyl (C=O) groups is 1. The number of anilines is 1. The van der Waals surface area contributed by atoms with E-state index in [0.717, 1.165) is 22.9 Å². The van der Waals surface area contributed by atoms with Gasteiger partial charge in [-0.2, -0.15) is 0 Å². The number of fused-ring (bicyclic) bond motifs is 1. The first kappa shape index (κ1) is 18.6. The van der Waals surface area contributed by atoms with Crippen molar-refractivity contribution in [2.75, 3.05) is 12.4 Å². The van der Waals surface area contributed by atoms with Gasteiger partial charge in [-0.3, -0.25) is 9.20 Å². The highest BCUT2D eigenvalue weighted by atomic mass is 19.1. The molecule has 1 amide bonds. The van der Waals surface area contributed by atoms with Gasteiger partial charge in [0.1, 0.15) is 5.75 Å². The Morgan fingerprint density at radius 2 is 1.93 bits per heavy atom. The number of imidazole rings is 1. The van der Waals surface area contributed by atoms with Crippen LogP contribution in [-0.4, -0.2) is 27.4 Å². The Morgan fingerprint density at radius 1 is 1.10 bits per heavy atom. The van der Waals surface area contributed by atoms with Crippen molar-refractivity contribution in [3.05, 3.63) is 77.5 Å². The summed E-state index contributed by atoms with van der Waals surface area (Å²) < 4.78 is 20.1. The largest absolute Gasteiger partial charge is 0.497 e. The second-order valence-electron chi connectivity index (χ2n) is 6.77. The summed E-state index contributed by atoms with van der Waals surface area (Å²) in [5.41, 5.74) is 4.43. The fourth-order valence-corrected chi connectivity index (χ4v) is 3.12. The molecule has 29 heavy (non-hydrogen) atoms. The van der Waals surface area contributed by atoms with E-state index in [1.165, 1.54) is 10.6 Å². The molecule has 0 radical (unpaired) electrons. The number of aromatic nitrogens is 3. The summed E-state index contributed by atoms with van der Waals surface area (Å²) >= 11 is 0. The number of aryl methyl sites for hydroxylation is 2. The van der Waals surface area contributed by atoms with Crippen LogP contribution in [0.3, 0.4) is 0 Å². The van der Waals surface area contributed by atoms with Crippen molar-refractivity contribution in [1.82, 2.24) is 14.4 Å². The maximum atomic E-state index is 13.4. The Morgan fingerprint density at radius 3 is 2.69 bits per heavy atom. The molecule has 0 aliphatic rings. The van der Waals surface area contributed by atoms with Gasteiger partial charge in [-0.1, -0.05) is 12.1 Å².